The van der Waals surface area contributed by atoms with Crippen LogP contribution in [0, 0.1) is 0 Å². The average molecular weight is 559 g/mol. The van der Waals surface area contributed by atoms with E-state index in [4.69, 9.17) is 0 Å². The molecular weight excluding hydrogens is 519 g/mol. The molecule has 0 saturated heterocycles. The number of benzene rings is 4. The summed E-state index contributed by atoms with van der Waals surface area (Å²) in [6.07, 6.45) is 12.3. The van der Waals surface area contributed by atoms with Crippen LogP contribution in [-0.4, -0.2) is 19.1 Å². The number of rotatable bonds is 12. The van der Waals surface area contributed by atoms with E-state index in [2.05, 4.69) is 110 Å². The lowest BCUT2D eigenvalue weighted by atomic mass is 10.2. The van der Waals surface area contributed by atoms with E-state index < -0.39 is 23.1 Å². The van der Waals surface area contributed by atoms with E-state index in [0.717, 1.165) is 6.42 Å². The maximum atomic E-state index is 10.2. The maximum Gasteiger partial charge on any atom is 0.112 e. The van der Waals surface area contributed by atoms with Crippen LogP contribution in [0.15, 0.2) is 133 Å². The topological polar surface area (TPSA) is 57.2 Å². The summed E-state index contributed by atoms with van der Waals surface area (Å²) in [5, 5.41) is 4.44. The van der Waals surface area contributed by atoms with Crippen molar-refractivity contribution in [1.82, 2.24) is 0 Å². The van der Waals surface area contributed by atoms with Crippen LogP contribution in [0.4, 0.5) is 0 Å². The van der Waals surface area contributed by atoms with Crippen LogP contribution < -0.4 is 15.9 Å². The Bertz CT molecular complexity index is 1240. The summed E-state index contributed by atoms with van der Waals surface area (Å²) in [4.78, 5) is 0. The molecule has 0 aliphatic carbocycles. The van der Waals surface area contributed by atoms with Crippen LogP contribution in [0.3, 0.4) is 0 Å². The first kappa shape index (κ1) is 30.5. The van der Waals surface area contributed by atoms with Crippen molar-refractivity contribution >= 4 is 33.3 Å². The van der Waals surface area contributed by atoms with Gasteiger partial charge in [-0.3, -0.25) is 0 Å². The first-order chi connectivity index (χ1) is 19.0. The molecule has 39 heavy (non-hydrogen) atoms. The highest BCUT2D eigenvalue weighted by Gasteiger charge is 2.44. The lowest BCUT2D eigenvalue weighted by Crippen LogP contribution is -2.33. The Hall–Kier alpha value is -3.04. The molecule has 0 aliphatic rings. The molecule has 0 saturated carbocycles. The van der Waals surface area contributed by atoms with Crippen LogP contribution in [0.5, 0.6) is 0 Å². The van der Waals surface area contributed by atoms with Crippen molar-refractivity contribution in [2.24, 2.45) is 0 Å². The molecule has 0 amide bonds. The van der Waals surface area contributed by atoms with Gasteiger partial charge in [-0.2, -0.15) is 0 Å². The number of hydrogen-bond donors (Lipinski definition) is 0. The van der Waals surface area contributed by atoms with Crippen LogP contribution in [0.2, 0.25) is 0 Å². The number of allylic oxidation sites excluding steroid dienone is 2. The lowest BCUT2D eigenvalue weighted by molar-refractivity contribution is 0.462. The molecule has 0 bridgehead atoms. The summed E-state index contributed by atoms with van der Waals surface area (Å²) in [6.45, 7) is 2.27. The van der Waals surface area contributed by atoms with Gasteiger partial charge in [-0.05, 0) is 54.8 Å². The zero-order chi connectivity index (χ0) is 27.8. The van der Waals surface area contributed by atoms with Crippen LogP contribution in [0.1, 0.15) is 44.6 Å². The Morgan fingerprint density at radius 1 is 0.615 bits per heavy atom. The van der Waals surface area contributed by atoms with E-state index in [1.54, 1.807) is 30.3 Å². The highest BCUT2D eigenvalue weighted by Crippen LogP contribution is 2.55. The van der Waals surface area contributed by atoms with Gasteiger partial charge in [-0.15, -0.1) is 0 Å². The summed E-state index contributed by atoms with van der Waals surface area (Å²) in [5.41, 5.74) is 0.530. The Balaban J connectivity index is 0.000000320. The molecule has 0 fully saturated rings. The van der Waals surface area contributed by atoms with Gasteiger partial charge in [-0.1, -0.05) is 117 Å². The molecule has 0 aromatic heterocycles. The van der Waals surface area contributed by atoms with E-state index in [0.29, 0.717) is 5.56 Å². The lowest BCUT2D eigenvalue weighted by Gasteiger charge is -2.27. The van der Waals surface area contributed by atoms with E-state index in [1.807, 2.05) is 0 Å². The predicted molar refractivity (Wildman–Crippen MR) is 168 cm³/mol. The number of hydrogen-bond acceptors (Lipinski definition) is 3. The van der Waals surface area contributed by atoms with Gasteiger partial charge in [0, 0.05) is 6.42 Å². The van der Waals surface area contributed by atoms with Gasteiger partial charge in [0.05, 0.1) is 22.0 Å². The summed E-state index contributed by atoms with van der Waals surface area (Å²) in [6, 6.07) is 41.9. The predicted octanol–water partition coefficient (Wildman–Crippen LogP) is 7.24. The standard InChI is InChI=1S/C27H32P.C7H8O3S/c1-2-3-4-5-6-7-17-24-28(25-18-11-8-12-19-25,26-20-13-9-14-21-26)27-22-15-10-16-23-27;8-11(9,10)6-7-4-2-1-3-5-7/h6-16,18-23H,2-5,17,24H2,1H3;1-5H,6H2,(H,8,9,10)/q+1;/p-1/b7-6-;. The molecular formula is C34H39O3PS. The average Bonchev–Trinajstić information content (AvgIpc) is 2.96. The molecule has 0 aliphatic heterocycles. The minimum absolute atomic E-state index is 0.423. The van der Waals surface area contributed by atoms with E-state index >= 15 is 0 Å². The molecule has 0 N–H and O–H groups in total. The van der Waals surface area contributed by atoms with Gasteiger partial charge < -0.3 is 4.55 Å². The summed E-state index contributed by atoms with van der Waals surface area (Å²) in [7, 11) is -5.79. The maximum absolute atomic E-state index is 10.2. The zero-order valence-electron chi connectivity index (χ0n) is 22.7. The van der Waals surface area contributed by atoms with Gasteiger partial charge in [0.25, 0.3) is 0 Å². The second-order valence-electron chi connectivity index (χ2n) is 9.48. The van der Waals surface area contributed by atoms with Gasteiger partial charge in [0.2, 0.25) is 0 Å². The van der Waals surface area contributed by atoms with Crippen molar-refractivity contribution in [3.05, 3.63) is 139 Å². The van der Waals surface area contributed by atoms with Crippen molar-refractivity contribution in [2.45, 2.75) is 44.8 Å². The van der Waals surface area contributed by atoms with Crippen molar-refractivity contribution in [3.63, 3.8) is 0 Å². The van der Waals surface area contributed by atoms with Gasteiger partial charge in [0.1, 0.15) is 23.2 Å². The molecule has 204 valence electrons. The molecule has 4 rings (SSSR count). The molecule has 0 atom stereocenters. The highest BCUT2D eigenvalue weighted by atomic mass is 32.2. The quantitative estimate of drug-likeness (QED) is 0.0797. The monoisotopic (exact) mass is 558 g/mol. The largest absolute Gasteiger partial charge is 0.748 e. The van der Waals surface area contributed by atoms with Crippen LogP contribution in [-0.2, 0) is 15.9 Å². The Labute approximate surface area is 235 Å². The third-order valence-electron chi connectivity index (χ3n) is 6.55. The van der Waals surface area contributed by atoms with Gasteiger partial charge in [0.15, 0.2) is 0 Å². The van der Waals surface area contributed by atoms with Crippen molar-refractivity contribution < 1.29 is 13.0 Å². The first-order valence-corrected chi connectivity index (χ1v) is 17.2. The Morgan fingerprint density at radius 2 is 1.03 bits per heavy atom. The summed E-state index contributed by atoms with van der Waals surface area (Å²) in [5.74, 6) is -0.423. The smallest absolute Gasteiger partial charge is 0.112 e. The normalized spacial score (nSPS) is 11.6. The zero-order valence-corrected chi connectivity index (χ0v) is 24.4. The number of unbranched alkanes of at least 4 members (excludes halogenated alkanes) is 3. The second kappa shape index (κ2) is 16.2. The van der Waals surface area contributed by atoms with Gasteiger partial charge >= 0.3 is 0 Å². The van der Waals surface area contributed by atoms with E-state index in [1.165, 1.54) is 47.8 Å². The minimum atomic E-state index is -4.13. The molecule has 0 heterocycles. The fraction of sp³-hybridized carbons (Fsp3) is 0.235. The molecule has 4 aromatic rings. The fourth-order valence-corrected chi connectivity index (χ4v) is 9.53. The first-order valence-electron chi connectivity index (χ1n) is 13.6. The fourth-order valence-electron chi connectivity index (χ4n) is 4.68. The van der Waals surface area contributed by atoms with E-state index in [-0.39, 0.29) is 0 Å². The summed E-state index contributed by atoms with van der Waals surface area (Å²) < 4.78 is 30.7. The molecule has 0 spiro atoms. The highest BCUT2D eigenvalue weighted by molar-refractivity contribution is 7.95. The molecule has 0 radical (unpaired) electrons. The molecule has 5 heteroatoms. The Morgan fingerprint density at radius 3 is 1.44 bits per heavy atom. The van der Waals surface area contributed by atoms with Crippen molar-refractivity contribution in [1.29, 1.82) is 0 Å². The van der Waals surface area contributed by atoms with Crippen molar-refractivity contribution in [2.75, 3.05) is 6.16 Å². The van der Waals surface area contributed by atoms with Crippen LogP contribution >= 0.6 is 7.26 Å². The minimum Gasteiger partial charge on any atom is -0.748 e. The SMILES string of the molecule is CCCCC/C=C\CC[P+](c1ccccc1)(c1ccccc1)c1ccccc1.O=S(=O)([O-])Cc1ccccc1. The summed E-state index contributed by atoms with van der Waals surface area (Å²) >= 11 is 0. The Kier molecular flexibility index (Phi) is 12.6. The van der Waals surface area contributed by atoms with Crippen molar-refractivity contribution in [3.8, 4) is 0 Å². The third-order valence-corrected chi connectivity index (χ3v) is 11.7. The molecule has 4 aromatic carbocycles. The van der Waals surface area contributed by atoms with E-state index in [9.17, 15) is 13.0 Å². The second-order valence-corrected chi connectivity index (χ2v) is 14.5. The third kappa shape index (κ3) is 9.89. The van der Waals surface area contributed by atoms with Crippen LogP contribution in [0.25, 0.3) is 0 Å². The molecule has 0 unspecified atom stereocenters. The van der Waals surface area contributed by atoms with Gasteiger partial charge in [-0.25, -0.2) is 8.42 Å². The molecule has 3 nitrogen and oxygen atoms in total.